The second kappa shape index (κ2) is 7.64. The molecule has 2 saturated heterocycles. The summed E-state index contributed by atoms with van der Waals surface area (Å²) in [6, 6.07) is 0. The van der Waals surface area contributed by atoms with Crippen molar-refractivity contribution >= 4 is 23.1 Å². The largest absolute Gasteiger partial charge is 0.446 e. The highest BCUT2D eigenvalue weighted by Crippen LogP contribution is 2.30. The Labute approximate surface area is 172 Å². The van der Waals surface area contributed by atoms with Gasteiger partial charge in [0.05, 0.1) is 12.9 Å². The van der Waals surface area contributed by atoms with Gasteiger partial charge in [0.25, 0.3) is 0 Å². The van der Waals surface area contributed by atoms with Crippen LogP contribution in [0.1, 0.15) is 37.7 Å². The van der Waals surface area contributed by atoms with E-state index in [-0.39, 0.29) is 24.6 Å². The molecule has 3 atom stereocenters. The predicted molar refractivity (Wildman–Crippen MR) is 104 cm³/mol. The summed E-state index contributed by atoms with van der Waals surface area (Å²) >= 11 is 0. The third-order valence-electron chi connectivity index (χ3n) is 6.03. The first kappa shape index (κ1) is 19.5. The molecule has 1 aliphatic carbocycles. The summed E-state index contributed by atoms with van der Waals surface area (Å²) < 4.78 is 12.5. The van der Waals surface area contributed by atoms with Crippen LogP contribution in [-0.2, 0) is 15.9 Å². The molecule has 0 bridgehead atoms. The van der Waals surface area contributed by atoms with Crippen molar-refractivity contribution in [2.24, 2.45) is 5.92 Å². The van der Waals surface area contributed by atoms with Crippen LogP contribution in [0.2, 0.25) is 0 Å². The number of aliphatic hydroxyl groups is 2. The first-order valence-corrected chi connectivity index (χ1v) is 10.4. The van der Waals surface area contributed by atoms with E-state index in [1.807, 2.05) is 0 Å². The Morgan fingerprint density at radius 3 is 2.67 bits per heavy atom. The molecule has 1 saturated carbocycles. The van der Waals surface area contributed by atoms with Gasteiger partial charge in [-0.3, -0.25) is 4.57 Å². The predicted octanol–water partition coefficient (Wildman–Crippen LogP) is 0.213. The molecule has 162 valence electrons. The molecule has 2 aromatic heterocycles. The molecular formula is C19H26N6O5. The molecule has 3 aliphatic rings. The van der Waals surface area contributed by atoms with Gasteiger partial charge in [-0.2, -0.15) is 0 Å². The Bertz CT molecular complexity index is 939. The van der Waals surface area contributed by atoms with Gasteiger partial charge in [0, 0.05) is 19.5 Å². The fraction of sp³-hybridized carbons (Fsp3) is 0.684. The summed E-state index contributed by atoms with van der Waals surface area (Å²) in [6.45, 7) is 1.36. The van der Waals surface area contributed by atoms with E-state index in [0.29, 0.717) is 42.4 Å². The van der Waals surface area contributed by atoms with E-state index >= 15 is 0 Å². The number of fused-ring (bicyclic) bond motifs is 1. The minimum atomic E-state index is -1.07. The van der Waals surface area contributed by atoms with Crippen molar-refractivity contribution in [2.75, 3.05) is 25.4 Å². The lowest BCUT2D eigenvalue weighted by Gasteiger charge is -2.31. The topological polar surface area (TPSA) is 149 Å². The maximum atomic E-state index is 12.1. The number of carbonyl (C=O) groups is 1. The second-order valence-corrected chi connectivity index (χ2v) is 8.35. The molecule has 0 radical (unpaired) electrons. The highest BCUT2D eigenvalue weighted by molar-refractivity contribution is 5.81. The van der Waals surface area contributed by atoms with Gasteiger partial charge in [-0.05, 0) is 31.6 Å². The average molecular weight is 418 g/mol. The zero-order chi connectivity index (χ0) is 20.8. The summed E-state index contributed by atoms with van der Waals surface area (Å²) in [7, 11) is 0. The number of hydrogen-bond acceptors (Lipinski definition) is 9. The SMILES string of the molecule is Nc1nc(CC2CCN(C(=O)OC3CC3)CC2)nc2c1ncn2[C@@H]1OCC(O)C1O. The fourth-order valence-corrected chi connectivity index (χ4v) is 4.07. The van der Waals surface area contributed by atoms with Crippen LogP contribution in [0.3, 0.4) is 0 Å². The van der Waals surface area contributed by atoms with Crippen LogP contribution in [0.15, 0.2) is 6.33 Å². The minimum absolute atomic E-state index is 0.0423. The summed E-state index contributed by atoms with van der Waals surface area (Å²) in [4.78, 5) is 27.1. The summed E-state index contributed by atoms with van der Waals surface area (Å²) in [5.41, 5.74) is 7.01. The van der Waals surface area contributed by atoms with Gasteiger partial charge < -0.3 is 30.3 Å². The molecule has 11 heteroatoms. The Hall–Kier alpha value is -2.50. The monoisotopic (exact) mass is 418 g/mol. The fourth-order valence-electron chi connectivity index (χ4n) is 4.07. The molecule has 4 N–H and O–H groups in total. The lowest BCUT2D eigenvalue weighted by Crippen LogP contribution is -2.39. The normalized spacial score (nSPS) is 27.7. The third kappa shape index (κ3) is 3.68. The second-order valence-electron chi connectivity index (χ2n) is 8.35. The number of imidazole rings is 1. The standard InChI is InChI=1S/C19H26N6O5/c20-16-14-17(25(9-21-14)18-15(27)12(26)8-29-18)23-13(22-16)7-10-3-5-24(6-4-10)19(28)30-11-1-2-11/h9-12,15,18,26-27H,1-8H2,(H2,20,22,23)/t12?,15?,18-/m1/s1. The molecule has 2 unspecified atom stereocenters. The van der Waals surface area contributed by atoms with Gasteiger partial charge in [0.1, 0.15) is 29.7 Å². The van der Waals surface area contributed by atoms with Crippen molar-refractivity contribution in [1.82, 2.24) is 24.4 Å². The van der Waals surface area contributed by atoms with E-state index < -0.39 is 18.4 Å². The lowest BCUT2D eigenvalue weighted by molar-refractivity contribution is -0.0163. The van der Waals surface area contributed by atoms with Crippen molar-refractivity contribution < 1.29 is 24.5 Å². The highest BCUT2D eigenvalue weighted by Gasteiger charge is 2.37. The van der Waals surface area contributed by atoms with Crippen molar-refractivity contribution in [2.45, 2.75) is 56.6 Å². The maximum absolute atomic E-state index is 12.1. The molecule has 4 heterocycles. The van der Waals surface area contributed by atoms with Crippen LogP contribution in [0.25, 0.3) is 11.2 Å². The van der Waals surface area contributed by atoms with E-state index in [1.165, 1.54) is 6.33 Å². The zero-order valence-corrected chi connectivity index (χ0v) is 16.6. The molecule has 2 aromatic rings. The number of carbonyl (C=O) groups excluding carboxylic acids is 1. The number of rotatable bonds is 4. The number of nitrogen functional groups attached to an aromatic ring is 1. The molecule has 3 fully saturated rings. The van der Waals surface area contributed by atoms with Gasteiger partial charge >= 0.3 is 6.09 Å². The van der Waals surface area contributed by atoms with Crippen LogP contribution < -0.4 is 5.73 Å². The molecule has 2 aliphatic heterocycles. The molecule has 1 amide bonds. The minimum Gasteiger partial charge on any atom is -0.446 e. The van der Waals surface area contributed by atoms with E-state index in [2.05, 4.69) is 15.0 Å². The number of ether oxygens (including phenoxy) is 2. The zero-order valence-electron chi connectivity index (χ0n) is 16.6. The van der Waals surface area contributed by atoms with Crippen LogP contribution in [-0.4, -0.2) is 78.7 Å². The smallest absolute Gasteiger partial charge is 0.410 e. The number of anilines is 1. The Morgan fingerprint density at radius 2 is 2.00 bits per heavy atom. The van der Waals surface area contributed by atoms with Crippen molar-refractivity contribution in [3.8, 4) is 0 Å². The number of likely N-dealkylation sites (tertiary alicyclic amines) is 1. The van der Waals surface area contributed by atoms with E-state index in [4.69, 9.17) is 15.2 Å². The molecule has 11 nitrogen and oxygen atoms in total. The van der Waals surface area contributed by atoms with Crippen molar-refractivity contribution in [3.63, 3.8) is 0 Å². The molecule has 30 heavy (non-hydrogen) atoms. The average Bonchev–Trinajstić information content (AvgIpc) is 3.35. The van der Waals surface area contributed by atoms with Gasteiger partial charge in [-0.25, -0.2) is 19.7 Å². The van der Waals surface area contributed by atoms with Gasteiger partial charge in [-0.15, -0.1) is 0 Å². The van der Waals surface area contributed by atoms with Crippen LogP contribution in [0.4, 0.5) is 10.6 Å². The number of amides is 1. The maximum Gasteiger partial charge on any atom is 0.410 e. The van der Waals surface area contributed by atoms with Crippen molar-refractivity contribution in [1.29, 1.82) is 0 Å². The summed E-state index contributed by atoms with van der Waals surface area (Å²) in [5.74, 6) is 1.19. The number of piperidine rings is 1. The van der Waals surface area contributed by atoms with E-state index in [9.17, 15) is 15.0 Å². The quantitative estimate of drug-likeness (QED) is 0.633. The number of aliphatic hydroxyl groups excluding tert-OH is 2. The Kier molecular flexibility index (Phi) is 4.95. The van der Waals surface area contributed by atoms with Crippen molar-refractivity contribution in [3.05, 3.63) is 12.2 Å². The number of aromatic nitrogens is 4. The number of nitrogens with two attached hydrogens (primary N) is 1. The van der Waals surface area contributed by atoms with Crippen LogP contribution in [0, 0.1) is 5.92 Å². The van der Waals surface area contributed by atoms with Crippen LogP contribution >= 0.6 is 0 Å². The van der Waals surface area contributed by atoms with E-state index in [0.717, 1.165) is 25.7 Å². The highest BCUT2D eigenvalue weighted by atomic mass is 16.6. The van der Waals surface area contributed by atoms with Gasteiger partial charge in [-0.1, -0.05) is 0 Å². The van der Waals surface area contributed by atoms with E-state index in [1.54, 1.807) is 9.47 Å². The van der Waals surface area contributed by atoms with Gasteiger partial charge in [0.15, 0.2) is 17.7 Å². The van der Waals surface area contributed by atoms with Gasteiger partial charge in [0.2, 0.25) is 0 Å². The Balaban J connectivity index is 1.28. The summed E-state index contributed by atoms with van der Waals surface area (Å²) in [5, 5.41) is 19.9. The molecular weight excluding hydrogens is 392 g/mol. The first-order chi connectivity index (χ1) is 14.5. The number of hydrogen-bond donors (Lipinski definition) is 3. The first-order valence-electron chi connectivity index (χ1n) is 10.4. The molecule has 0 spiro atoms. The third-order valence-corrected chi connectivity index (χ3v) is 6.03. The molecule has 0 aromatic carbocycles. The lowest BCUT2D eigenvalue weighted by atomic mass is 9.93. The number of nitrogens with zero attached hydrogens (tertiary/aromatic N) is 5. The molecule has 5 rings (SSSR count). The summed E-state index contributed by atoms with van der Waals surface area (Å²) in [6.07, 6.45) is 2.88. The Morgan fingerprint density at radius 1 is 1.23 bits per heavy atom. The van der Waals surface area contributed by atoms with Crippen LogP contribution in [0.5, 0.6) is 0 Å².